The molecule has 2 rings (SSSR count). The normalized spacial score (nSPS) is 25.4. The summed E-state index contributed by atoms with van der Waals surface area (Å²) in [5, 5.41) is 9.31. The van der Waals surface area contributed by atoms with Gasteiger partial charge in [-0.25, -0.2) is 8.78 Å². The van der Waals surface area contributed by atoms with Crippen LogP contribution in [0.15, 0.2) is 18.2 Å². The number of nitrogens with zero attached hydrogens (tertiary/aromatic N) is 1. The lowest BCUT2D eigenvalue weighted by atomic mass is 9.81. The van der Waals surface area contributed by atoms with Crippen LogP contribution in [0.25, 0.3) is 0 Å². The maximum absolute atomic E-state index is 13.3. The van der Waals surface area contributed by atoms with Crippen molar-refractivity contribution in [1.82, 2.24) is 4.90 Å². The maximum Gasteiger partial charge on any atom is 0.310 e. The fourth-order valence-corrected chi connectivity index (χ4v) is 2.81. The molecule has 0 bridgehead atoms. The number of hydrogen-bond donors (Lipinski definition) is 1. The van der Waals surface area contributed by atoms with E-state index in [4.69, 9.17) is 0 Å². The molecule has 0 spiro atoms. The quantitative estimate of drug-likeness (QED) is 0.926. The number of piperidine rings is 1. The predicted octanol–water partition coefficient (Wildman–Crippen LogP) is 3.21. The van der Waals surface area contributed by atoms with Crippen molar-refractivity contribution in [2.75, 3.05) is 13.1 Å². The van der Waals surface area contributed by atoms with E-state index < -0.39 is 23.0 Å². The maximum atomic E-state index is 13.3. The Balaban J connectivity index is 2.20. The molecule has 1 aliphatic heterocycles. The van der Waals surface area contributed by atoms with Gasteiger partial charge in [0.2, 0.25) is 0 Å². The Kier molecular flexibility index (Phi) is 4.09. The first-order valence-electron chi connectivity index (χ1n) is 6.75. The molecule has 1 aromatic rings. The monoisotopic (exact) mass is 283 g/mol. The topological polar surface area (TPSA) is 40.5 Å². The average Bonchev–Trinajstić information content (AvgIpc) is 2.36. The van der Waals surface area contributed by atoms with Crippen molar-refractivity contribution in [3.63, 3.8) is 0 Å². The number of halogens is 2. The molecule has 0 amide bonds. The molecule has 2 unspecified atom stereocenters. The standard InChI is InChI=1S/C15H19F2NO2/c1-10(11-6-12(16)8-13(17)7-11)18-5-3-4-15(2,9-18)14(19)20/h6-8,10H,3-5,9H2,1-2H3,(H,19,20). The summed E-state index contributed by atoms with van der Waals surface area (Å²) in [5.74, 6) is -2.03. The van der Waals surface area contributed by atoms with E-state index in [1.807, 2.05) is 11.8 Å². The lowest BCUT2D eigenvalue weighted by molar-refractivity contribution is -0.151. The molecule has 0 saturated carbocycles. The van der Waals surface area contributed by atoms with Crippen molar-refractivity contribution in [3.8, 4) is 0 Å². The van der Waals surface area contributed by atoms with Crippen molar-refractivity contribution < 1.29 is 18.7 Å². The van der Waals surface area contributed by atoms with Gasteiger partial charge in [-0.15, -0.1) is 0 Å². The van der Waals surface area contributed by atoms with Gasteiger partial charge in [0.1, 0.15) is 11.6 Å². The van der Waals surface area contributed by atoms with Gasteiger partial charge in [0.25, 0.3) is 0 Å². The third-order valence-corrected chi connectivity index (χ3v) is 4.16. The van der Waals surface area contributed by atoms with Gasteiger partial charge in [-0.05, 0) is 50.9 Å². The van der Waals surface area contributed by atoms with Gasteiger partial charge >= 0.3 is 5.97 Å². The third kappa shape index (κ3) is 2.98. The Labute approximate surface area is 117 Å². The van der Waals surface area contributed by atoms with Crippen molar-refractivity contribution in [1.29, 1.82) is 0 Å². The van der Waals surface area contributed by atoms with E-state index in [1.165, 1.54) is 12.1 Å². The van der Waals surface area contributed by atoms with Crippen LogP contribution in [0.3, 0.4) is 0 Å². The molecule has 1 heterocycles. The van der Waals surface area contributed by atoms with Crippen LogP contribution in [0.2, 0.25) is 0 Å². The summed E-state index contributed by atoms with van der Waals surface area (Å²) >= 11 is 0. The van der Waals surface area contributed by atoms with Crippen molar-refractivity contribution in [2.24, 2.45) is 5.41 Å². The average molecular weight is 283 g/mol. The molecule has 5 heteroatoms. The largest absolute Gasteiger partial charge is 0.481 e. The highest BCUT2D eigenvalue weighted by Gasteiger charge is 2.39. The van der Waals surface area contributed by atoms with E-state index in [0.717, 1.165) is 19.0 Å². The zero-order valence-corrected chi connectivity index (χ0v) is 11.7. The number of carboxylic acids is 1. The highest BCUT2D eigenvalue weighted by molar-refractivity contribution is 5.74. The number of rotatable bonds is 3. The van der Waals surface area contributed by atoms with Gasteiger partial charge in [-0.1, -0.05) is 0 Å². The number of benzene rings is 1. The zero-order valence-electron chi connectivity index (χ0n) is 11.7. The first-order valence-corrected chi connectivity index (χ1v) is 6.75. The van der Waals surface area contributed by atoms with Crippen LogP contribution in [-0.4, -0.2) is 29.1 Å². The van der Waals surface area contributed by atoms with Gasteiger partial charge in [0.15, 0.2) is 0 Å². The first kappa shape index (κ1) is 14.9. The highest BCUT2D eigenvalue weighted by Crippen LogP contribution is 2.34. The van der Waals surface area contributed by atoms with Gasteiger partial charge in [-0.3, -0.25) is 9.69 Å². The molecule has 1 N–H and O–H groups in total. The van der Waals surface area contributed by atoms with E-state index in [0.29, 0.717) is 18.5 Å². The van der Waals surface area contributed by atoms with Gasteiger partial charge in [0.05, 0.1) is 5.41 Å². The van der Waals surface area contributed by atoms with E-state index >= 15 is 0 Å². The molecule has 2 atom stereocenters. The summed E-state index contributed by atoms with van der Waals surface area (Å²) in [7, 11) is 0. The molecule has 20 heavy (non-hydrogen) atoms. The van der Waals surface area contributed by atoms with E-state index in [2.05, 4.69) is 0 Å². The Hall–Kier alpha value is -1.49. The summed E-state index contributed by atoms with van der Waals surface area (Å²) in [6, 6.07) is 3.24. The van der Waals surface area contributed by atoms with Gasteiger partial charge in [0, 0.05) is 18.7 Å². The van der Waals surface area contributed by atoms with Crippen LogP contribution >= 0.6 is 0 Å². The zero-order chi connectivity index (χ0) is 14.9. The summed E-state index contributed by atoms with van der Waals surface area (Å²) < 4.78 is 26.6. The Morgan fingerprint density at radius 2 is 1.95 bits per heavy atom. The molecule has 1 fully saturated rings. The number of aliphatic carboxylic acids is 1. The fraction of sp³-hybridized carbons (Fsp3) is 0.533. The van der Waals surface area contributed by atoms with Crippen LogP contribution in [0.4, 0.5) is 8.78 Å². The minimum Gasteiger partial charge on any atom is -0.481 e. The summed E-state index contributed by atoms with van der Waals surface area (Å²) in [6.07, 6.45) is 1.40. The summed E-state index contributed by atoms with van der Waals surface area (Å²) in [6.45, 7) is 4.70. The summed E-state index contributed by atoms with van der Waals surface area (Å²) in [4.78, 5) is 13.3. The molecule has 110 valence electrons. The molecule has 1 saturated heterocycles. The van der Waals surface area contributed by atoms with Crippen LogP contribution in [-0.2, 0) is 4.79 Å². The lowest BCUT2D eigenvalue weighted by Crippen LogP contribution is -2.46. The predicted molar refractivity (Wildman–Crippen MR) is 71.3 cm³/mol. The molecule has 1 aliphatic rings. The molecular weight excluding hydrogens is 264 g/mol. The van der Waals surface area contributed by atoms with Crippen molar-refractivity contribution in [3.05, 3.63) is 35.4 Å². The van der Waals surface area contributed by atoms with Crippen LogP contribution in [0.1, 0.15) is 38.3 Å². The molecule has 1 aromatic carbocycles. The van der Waals surface area contributed by atoms with Gasteiger partial charge in [-0.2, -0.15) is 0 Å². The van der Waals surface area contributed by atoms with Crippen LogP contribution < -0.4 is 0 Å². The highest BCUT2D eigenvalue weighted by atomic mass is 19.1. The van der Waals surface area contributed by atoms with Crippen LogP contribution in [0, 0.1) is 17.0 Å². The number of likely N-dealkylation sites (tertiary alicyclic amines) is 1. The minimum atomic E-state index is -0.820. The Morgan fingerprint density at radius 3 is 2.50 bits per heavy atom. The second-order valence-electron chi connectivity index (χ2n) is 5.82. The van der Waals surface area contributed by atoms with Gasteiger partial charge < -0.3 is 5.11 Å². The number of hydrogen-bond acceptors (Lipinski definition) is 2. The molecular formula is C15H19F2NO2. The SMILES string of the molecule is CC(c1cc(F)cc(F)c1)N1CCCC(C)(C(=O)O)C1. The molecule has 0 aliphatic carbocycles. The van der Waals surface area contributed by atoms with E-state index in [9.17, 15) is 18.7 Å². The number of carboxylic acid groups (broad SMARTS) is 1. The Morgan fingerprint density at radius 1 is 1.35 bits per heavy atom. The molecule has 0 aromatic heterocycles. The van der Waals surface area contributed by atoms with Crippen LogP contribution in [0.5, 0.6) is 0 Å². The summed E-state index contributed by atoms with van der Waals surface area (Å²) in [5.41, 5.74) is -0.254. The minimum absolute atomic E-state index is 0.209. The second kappa shape index (κ2) is 5.48. The second-order valence-corrected chi connectivity index (χ2v) is 5.82. The molecule has 3 nitrogen and oxygen atoms in total. The number of carbonyl (C=O) groups is 1. The van der Waals surface area contributed by atoms with E-state index in [1.54, 1.807) is 6.92 Å². The lowest BCUT2D eigenvalue weighted by Gasteiger charge is -2.40. The van der Waals surface area contributed by atoms with E-state index in [-0.39, 0.29) is 6.04 Å². The first-order chi connectivity index (χ1) is 9.32. The molecule has 0 radical (unpaired) electrons. The third-order valence-electron chi connectivity index (χ3n) is 4.16. The van der Waals surface area contributed by atoms with Crippen molar-refractivity contribution in [2.45, 2.75) is 32.7 Å². The fourth-order valence-electron chi connectivity index (χ4n) is 2.81. The smallest absolute Gasteiger partial charge is 0.310 e. The Bertz CT molecular complexity index is 500. The van der Waals surface area contributed by atoms with Crippen molar-refractivity contribution >= 4 is 5.97 Å².